The van der Waals surface area contributed by atoms with Gasteiger partial charge in [0.2, 0.25) is 11.8 Å². The average molecular weight is 392 g/mol. The van der Waals surface area contributed by atoms with E-state index in [1.54, 1.807) is 12.5 Å². The first-order valence-corrected chi connectivity index (χ1v) is 10.3. The van der Waals surface area contributed by atoms with Crippen LogP contribution < -0.4 is 0 Å². The smallest absolute Gasteiger partial charge is 0.254 e. The van der Waals surface area contributed by atoms with Gasteiger partial charge in [0.25, 0.3) is 5.91 Å². The lowest BCUT2D eigenvalue weighted by atomic mass is 9.95. The Morgan fingerprint density at radius 1 is 0.966 bits per heavy atom. The van der Waals surface area contributed by atoms with Crippen LogP contribution in [-0.2, 0) is 16.1 Å². The Kier molecular flexibility index (Phi) is 4.45. The number of nitrogens with zero attached hydrogens (tertiary/aromatic N) is 4. The van der Waals surface area contributed by atoms with Crippen LogP contribution in [0, 0.1) is 0 Å². The molecule has 3 aliphatic rings. The number of rotatable bonds is 4. The summed E-state index contributed by atoms with van der Waals surface area (Å²) >= 11 is 0. The van der Waals surface area contributed by atoms with Crippen LogP contribution in [0.4, 0.5) is 0 Å². The number of carbonyl (C=O) groups is 3. The Morgan fingerprint density at radius 3 is 2.21 bits per heavy atom. The molecule has 3 fully saturated rings. The number of hydrogen-bond donors (Lipinski definition) is 0. The van der Waals surface area contributed by atoms with E-state index in [-0.39, 0.29) is 35.8 Å². The van der Waals surface area contributed by atoms with E-state index in [1.165, 1.54) is 4.90 Å². The van der Waals surface area contributed by atoms with Crippen LogP contribution in [-0.4, -0.2) is 55.2 Å². The van der Waals surface area contributed by atoms with E-state index in [9.17, 15) is 14.4 Å². The quantitative estimate of drug-likeness (QED) is 0.748. The van der Waals surface area contributed by atoms with E-state index in [4.69, 9.17) is 0 Å². The number of fused-ring (bicyclic) bond motifs is 2. The van der Waals surface area contributed by atoms with Gasteiger partial charge >= 0.3 is 0 Å². The van der Waals surface area contributed by atoms with Crippen LogP contribution in [0.2, 0.25) is 0 Å². The standard InChI is InChI=1S/C22H24N4O3/c27-20-7-8-21(28)26(20)19-11-17-5-6-18(12-19)25(17)22(29)16-3-1-15(2-4-16)13-24-10-9-23-14-24/h1-4,9-10,14,17-19H,5-8,11-13H2. The summed E-state index contributed by atoms with van der Waals surface area (Å²) in [4.78, 5) is 45.0. The Labute approximate surface area is 169 Å². The molecule has 3 saturated heterocycles. The van der Waals surface area contributed by atoms with Crippen molar-refractivity contribution >= 4 is 17.7 Å². The van der Waals surface area contributed by atoms with Gasteiger partial charge in [-0.2, -0.15) is 0 Å². The van der Waals surface area contributed by atoms with E-state index in [1.807, 2.05) is 39.9 Å². The zero-order chi connectivity index (χ0) is 20.0. The van der Waals surface area contributed by atoms with E-state index < -0.39 is 0 Å². The topological polar surface area (TPSA) is 75.5 Å². The van der Waals surface area contributed by atoms with Gasteiger partial charge in [0, 0.05) is 55.5 Å². The maximum atomic E-state index is 13.2. The number of amides is 3. The number of carbonyl (C=O) groups excluding carboxylic acids is 3. The molecule has 0 radical (unpaired) electrons. The molecule has 2 atom stereocenters. The van der Waals surface area contributed by atoms with Gasteiger partial charge in [-0.3, -0.25) is 19.3 Å². The van der Waals surface area contributed by atoms with Crippen LogP contribution in [0.5, 0.6) is 0 Å². The second kappa shape index (κ2) is 7.13. The summed E-state index contributed by atoms with van der Waals surface area (Å²) in [6, 6.07) is 7.95. The molecule has 5 rings (SSSR count). The number of imide groups is 1. The Bertz CT molecular complexity index is 907. The predicted octanol–water partition coefficient (Wildman–Crippen LogP) is 2.22. The monoisotopic (exact) mass is 392 g/mol. The van der Waals surface area contributed by atoms with Crippen molar-refractivity contribution in [3.8, 4) is 0 Å². The molecule has 1 aromatic heterocycles. The Morgan fingerprint density at radius 2 is 1.62 bits per heavy atom. The number of hydrogen-bond acceptors (Lipinski definition) is 4. The minimum absolute atomic E-state index is 0.0448. The highest BCUT2D eigenvalue weighted by Gasteiger charge is 2.47. The van der Waals surface area contributed by atoms with Crippen LogP contribution in [0.25, 0.3) is 0 Å². The van der Waals surface area contributed by atoms with E-state index >= 15 is 0 Å². The van der Waals surface area contributed by atoms with Crippen molar-refractivity contribution in [3.63, 3.8) is 0 Å². The fourth-order valence-electron chi connectivity index (χ4n) is 5.18. The molecule has 150 valence electrons. The molecule has 2 unspecified atom stereocenters. The zero-order valence-corrected chi connectivity index (χ0v) is 16.2. The van der Waals surface area contributed by atoms with Crippen molar-refractivity contribution in [1.82, 2.24) is 19.4 Å². The maximum absolute atomic E-state index is 13.2. The van der Waals surface area contributed by atoms with Gasteiger partial charge < -0.3 is 9.47 Å². The molecule has 2 bridgehead atoms. The summed E-state index contributed by atoms with van der Waals surface area (Å²) in [5.74, 6) is -0.0375. The van der Waals surface area contributed by atoms with Gasteiger partial charge in [-0.25, -0.2) is 4.98 Å². The minimum Gasteiger partial charge on any atom is -0.333 e. The molecule has 0 aliphatic carbocycles. The lowest BCUT2D eigenvalue weighted by molar-refractivity contribution is -0.142. The third-order valence-electron chi connectivity index (χ3n) is 6.52. The number of likely N-dealkylation sites (tertiary alicyclic amines) is 1. The minimum atomic E-state index is -0.0485. The largest absolute Gasteiger partial charge is 0.333 e. The van der Waals surface area contributed by atoms with Crippen molar-refractivity contribution in [2.24, 2.45) is 0 Å². The first-order valence-electron chi connectivity index (χ1n) is 10.3. The highest BCUT2D eigenvalue weighted by Crippen LogP contribution is 2.39. The van der Waals surface area contributed by atoms with E-state index in [0.29, 0.717) is 31.2 Å². The molecule has 0 saturated carbocycles. The third-order valence-corrected chi connectivity index (χ3v) is 6.52. The molecule has 4 heterocycles. The summed E-state index contributed by atoms with van der Waals surface area (Å²) in [6.45, 7) is 0.725. The van der Waals surface area contributed by atoms with Crippen molar-refractivity contribution in [1.29, 1.82) is 0 Å². The molecule has 0 spiro atoms. The normalized spacial score (nSPS) is 26.4. The second-order valence-corrected chi connectivity index (χ2v) is 8.31. The SMILES string of the molecule is O=C1CCC(=O)N1C1CC2CCC(C1)N2C(=O)c1ccc(Cn2ccnc2)cc1. The van der Waals surface area contributed by atoms with Crippen LogP contribution in [0.3, 0.4) is 0 Å². The predicted molar refractivity (Wildman–Crippen MR) is 105 cm³/mol. The van der Waals surface area contributed by atoms with Gasteiger partial charge in [0.1, 0.15) is 0 Å². The molecule has 29 heavy (non-hydrogen) atoms. The van der Waals surface area contributed by atoms with E-state index in [2.05, 4.69) is 4.98 Å². The van der Waals surface area contributed by atoms with Crippen molar-refractivity contribution in [2.75, 3.05) is 0 Å². The molecular formula is C22H24N4O3. The summed E-state index contributed by atoms with van der Waals surface area (Å²) in [5, 5.41) is 0. The fourth-order valence-corrected chi connectivity index (χ4v) is 5.18. The summed E-state index contributed by atoms with van der Waals surface area (Å²) in [6.07, 6.45) is 9.41. The number of benzene rings is 1. The van der Waals surface area contributed by atoms with Crippen LogP contribution in [0.1, 0.15) is 54.4 Å². The highest BCUT2D eigenvalue weighted by atomic mass is 16.2. The van der Waals surface area contributed by atoms with Crippen molar-refractivity contribution in [3.05, 3.63) is 54.1 Å². The molecule has 3 amide bonds. The molecule has 3 aliphatic heterocycles. The van der Waals surface area contributed by atoms with Gasteiger partial charge in [0.15, 0.2) is 0 Å². The highest BCUT2D eigenvalue weighted by molar-refractivity contribution is 6.02. The molecule has 7 nitrogen and oxygen atoms in total. The zero-order valence-electron chi connectivity index (χ0n) is 16.2. The molecule has 2 aromatic rings. The summed E-state index contributed by atoms with van der Waals surface area (Å²) in [5.41, 5.74) is 1.82. The third kappa shape index (κ3) is 3.24. The van der Waals surface area contributed by atoms with Gasteiger partial charge in [-0.05, 0) is 43.4 Å². The average Bonchev–Trinajstić information content (AvgIpc) is 3.41. The second-order valence-electron chi connectivity index (χ2n) is 8.31. The first kappa shape index (κ1) is 18.1. The Balaban J connectivity index is 1.28. The number of piperidine rings is 1. The molecule has 7 heteroatoms. The summed E-state index contributed by atoms with van der Waals surface area (Å²) in [7, 11) is 0. The lowest BCUT2D eigenvalue weighted by Gasteiger charge is -2.41. The molecule has 0 N–H and O–H groups in total. The Hall–Kier alpha value is -2.96. The van der Waals surface area contributed by atoms with Crippen LogP contribution in [0.15, 0.2) is 43.0 Å². The first-order chi connectivity index (χ1) is 14.1. The number of imidazole rings is 1. The van der Waals surface area contributed by atoms with Gasteiger partial charge in [0.05, 0.1) is 6.33 Å². The fraction of sp³-hybridized carbons (Fsp3) is 0.455. The maximum Gasteiger partial charge on any atom is 0.254 e. The van der Waals surface area contributed by atoms with Gasteiger partial charge in [-0.1, -0.05) is 12.1 Å². The van der Waals surface area contributed by atoms with Crippen molar-refractivity contribution < 1.29 is 14.4 Å². The molecular weight excluding hydrogens is 368 g/mol. The lowest BCUT2D eigenvalue weighted by Crippen LogP contribution is -2.53. The number of aromatic nitrogens is 2. The van der Waals surface area contributed by atoms with E-state index in [0.717, 1.165) is 24.9 Å². The molecule has 1 aromatic carbocycles. The van der Waals surface area contributed by atoms with Gasteiger partial charge in [-0.15, -0.1) is 0 Å². The van der Waals surface area contributed by atoms with Crippen LogP contribution >= 0.6 is 0 Å². The van der Waals surface area contributed by atoms with Crippen molar-refractivity contribution in [2.45, 2.75) is 63.2 Å². The summed E-state index contributed by atoms with van der Waals surface area (Å²) < 4.78 is 1.99.